The van der Waals surface area contributed by atoms with E-state index in [-0.39, 0.29) is 0 Å². The maximum atomic E-state index is 6.46. The molecule has 2 heterocycles. The topological polar surface area (TPSA) is 29.9 Å². The summed E-state index contributed by atoms with van der Waals surface area (Å²) in [6, 6.07) is 0.504. The molecule has 1 aliphatic rings. The molecule has 1 aliphatic heterocycles. The van der Waals surface area contributed by atoms with Gasteiger partial charge in [-0.1, -0.05) is 24.9 Å². The summed E-state index contributed by atoms with van der Waals surface area (Å²) in [7, 11) is 0. The van der Waals surface area contributed by atoms with Gasteiger partial charge in [0.1, 0.15) is 0 Å². The smallest absolute Gasteiger partial charge is 0.0847 e. The van der Waals surface area contributed by atoms with Crippen LogP contribution in [0.15, 0.2) is 0 Å². The van der Waals surface area contributed by atoms with Crippen LogP contribution in [0.2, 0.25) is 5.02 Å². The molecule has 3 nitrogen and oxygen atoms in total. The van der Waals surface area contributed by atoms with E-state index >= 15 is 0 Å². The molecule has 0 aromatic carbocycles. The van der Waals surface area contributed by atoms with E-state index in [1.807, 2.05) is 6.92 Å². The van der Waals surface area contributed by atoms with Crippen LogP contribution in [0.25, 0.3) is 0 Å². The molecule has 2 unspecified atom stereocenters. The number of rotatable bonds is 6. The molecule has 1 N–H and O–H groups in total. The average molecular weight is 316 g/mol. The molecule has 0 spiro atoms. The largest absolute Gasteiger partial charge is 0.313 e. The van der Waals surface area contributed by atoms with Crippen molar-refractivity contribution in [2.75, 3.05) is 12.3 Å². The minimum absolute atomic E-state index is 0.504. The molecule has 0 aliphatic carbocycles. The van der Waals surface area contributed by atoms with Crippen LogP contribution in [0.3, 0.4) is 0 Å². The Kier molecular flexibility index (Phi) is 6.24. The van der Waals surface area contributed by atoms with Gasteiger partial charge in [-0.2, -0.15) is 16.9 Å². The summed E-state index contributed by atoms with van der Waals surface area (Å²) < 4.78 is 2.06. The highest BCUT2D eigenvalue weighted by atomic mass is 35.5. The summed E-state index contributed by atoms with van der Waals surface area (Å²) >= 11 is 8.58. The Balaban J connectivity index is 2.14. The fraction of sp³-hybridized carbons (Fsp3) is 0.800. The zero-order chi connectivity index (χ0) is 14.5. The molecule has 0 saturated carbocycles. The van der Waals surface area contributed by atoms with Gasteiger partial charge in [0.05, 0.1) is 16.4 Å². The van der Waals surface area contributed by atoms with Crippen LogP contribution in [0, 0.1) is 6.92 Å². The van der Waals surface area contributed by atoms with Crippen molar-refractivity contribution in [2.45, 2.75) is 64.3 Å². The normalized spacial score (nSPS) is 21.1. The number of likely N-dealkylation sites (N-methyl/N-ethyl adjacent to an activating group) is 1. The van der Waals surface area contributed by atoms with E-state index in [0.717, 1.165) is 30.2 Å². The lowest BCUT2D eigenvalue weighted by Gasteiger charge is -2.30. The number of halogens is 1. The number of aromatic nitrogens is 2. The zero-order valence-electron chi connectivity index (χ0n) is 12.8. The lowest BCUT2D eigenvalue weighted by atomic mass is 10.0. The number of hydrogen-bond acceptors (Lipinski definition) is 3. The van der Waals surface area contributed by atoms with E-state index in [0.29, 0.717) is 11.3 Å². The van der Waals surface area contributed by atoms with E-state index in [9.17, 15) is 0 Å². The zero-order valence-corrected chi connectivity index (χ0v) is 14.4. The number of aryl methyl sites for hydroxylation is 2. The van der Waals surface area contributed by atoms with Crippen molar-refractivity contribution in [3.05, 3.63) is 16.4 Å². The van der Waals surface area contributed by atoms with Crippen LogP contribution in [-0.4, -0.2) is 33.4 Å². The minimum atomic E-state index is 0.504. The fourth-order valence-corrected chi connectivity index (χ4v) is 4.60. The second-order valence-electron chi connectivity index (χ2n) is 5.44. The predicted octanol–water partition coefficient (Wildman–Crippen LogP) is 3.67. The molecule has 0 amide bonds. The molecule has 5 heteroatoms. The van der Waals surface area contributed by atoms with Gasteiger partial charge in [-0.05, 0) is 39.0 Å². The number of hydrogen-bond donors (Lipinski definition) is 1. The Bertz CT molecular complexity index is 427. The highest BCUT2D eigenvalue weighted by molar-refractivity contribution is 8.00. The lowest BCUT2D eigenvalue weighted by Crippen LogP contribution is -2.41. The van der Waals surface area contributed by atoms with Crippen LogP contribution in [0.5, 0.6) is 0 Å². The SMILES string of the molecule is CCNC(Cc1c(Cl)c(C)nn1CC)C1CCCCS1. The van der Waals surface area contributed by atoms with E-state index in [2.05, 4.69) is 40.7 Å². The van der Waals surface area contributed by atoms with E-state index < -0.39 is 0 Å². The van der Waals surface area contributed by atoms with Crippen molar-refractivity contribution in [3.63, 3.8) is 0 Å². The van der Waals surface area contributed by atoms with Crippen LogP contribution in [0.1, 0.15) is 44.5 Å². The van der Waals surface area contributed by atoms with Gasteiger partial charge < -0.3 is 5.32 Å². The van der Waals surface area contributed by atoms with Crippen LogP contribution in [0.4, 0.5) is 0 Å². The highest BCUT2D eigenvalue weighted by Crippen LogP contribution is 2.30. The van der Waals surface area contributed by atoms with Gasteiger partial charge in [0.25, 0.3) is 0 Å². The monoisotopic (exact) mass is 315 g/mol. The maximum absolute atomic E-state index is 6.46. The molecule has 0 bridgehead atoms. The van der Waals surface area contributed by atoms with E-state index in [1.165, 1.54) is 30.7 Å². The first kappa shape index (κ1) is 16.2. The molecule has 2 atom stereocenters. The first-order valence-electron chi connectivity index (χ1n) is 7.74. The number of thioether (sulfide) groups is 1. The third kappa shape index (κ3) is 3.71. The van der Waals surface area contributed by atoms with Gasteiger partial charge in [-0.25, -0.2) is 0 Å². The van der Waals surface area contributed by atoms with Crippen molar-refractivity contribution in [3.8, 4) is 0 Å². The molecule has 2 rings (SSSR count). The Labute approximate surface area is 131 Å². The van der Waals surface area contributed by atoms with Crippen molar-refractivity contribution in [1.82, 2.24) is 15.1 Å². The van der Waals surface area contributed by atoms with Crippen LogP contribution in [-0.2, 0) is 13.0 Å². The Hall–Kier alpha value is -0.190. The molecule has 0 radical (unpaired) electrons. The fourth-order valence-electron chi connectivity index (χ4n) is 2.95. The molecular weight excluding hydrogens is 290 g/mol. The van der Waals surface area contributed by atoms with Crippen molar-refractivity contribution >= 4 is 23.4 Å². The summed E-state index contributed by atoms with van der Waals surface area (Å²) in [5.41, 5.74) is 2.15. The number of nitrogens with one attached hydrogen (secondary N) is 1. The van der Waals surface area contributed by atoms with E-state index in [1.54, 1.807) is 0 Å². The van der Waals surface area contributed by atoms with Crippen molar-refractivity contribution in [2.24, 2.45) is 0 Å². The van der Waals surface area contributed by atoms with Gasteiger partial charge in [-0.3, -0.25) is 4.68 Å². The molecule has 1 aromatic heterocycles. The minimum Gasteiger partial charge on any atom is -0.313 e. The second kappa shape index (κ2) is 7.71. The van der Waals surface area contributed by atoms with Gasteiger partial charge in [0.15, 0.2) is 0 Å². The quantitative estimate of drug-likeness (QED) is 0.868. The van der Waals surface area contributed by atoms with Gasteiger partial charge in [0.2, 0.25) is 0 Å². The third-order valence-electron chi connectivity index (χ3n) is 4.00. The molecule has 1 saturated heterocycles. The maximum Gasteiger partial charge on any atom is 0.0847 e. The van der Waals surface area contributed by atoms with Crippen molar-refractivity contribution in [1.29, 1.82) is 0 Å². The van der Waals surface area contributed by atoms with Crippen LogP contribution < -0.4 is 5.32 Å². The average Bonchev–Trinajstić information content (AvgIpc) is 2.75. The summed E-state index contributed by atoms with van der Waals surface area (Å²) in [5.74, 6) is 1.30. The lowest BCUT2D eigenvalue weighted by molar-refractivity contribution is 0.457. The van der Waals surface area contributed by atoms with Crippen LogP contribution >= 0.6 is 23.4 Å². The third-order valence-corrected chi connectivity index (χ3v) is 6.00. The van der Waals surface area contributed by atoms with Crippen molar-refractivity contribution < 1.29 is 0 Å². The Morgan fingerprint density at radius 3 is 2.85 bits per heavy atom. The highest BCUT2D eigenvalue weighted by Gasteiger charge is 2.26. The summed E-state index contributed by atoms with van der Waals surface area (Å²) in [6.07, 6.45) is 5.03. The predicted molar refractivity (Wildman–Crippen MR) is 88.9 cm³/mol. The summed E-state index contributed by atoms with van der Waals surface area (Å²) in [4.78, 5) is 0. The van der Waals surface area contributed by atoms with Gasteiger partial charge >= 0.3 is 0 Å². The standard InChI is InChI=1S/C15H26ClN3S/c1-4-17-12(14-8-6-7-9-20-14)10-13-15(16)11(3)18-19(13)5-2/h12,14,17H,4-10H2,1-3H3. The Morgan fingerprint density at radius 2 is 2.25 bits per heavy atom. The Morgan fingerprint density at radius 1 is 1.45 bits per heavy atom. The van der Waals surface area contributed by atoms with E-state index in [4.69, 9.17) is 11.6 Å². The molecule has 1 aromatic rings. The first-order valence-corrected chi connectivity index (χ1v) is 9.16. The van der Waals surface area contributed by atoms with Gasteiger partial charge in [0, 0.05) is 24.3 Å². The number of nitrogens with zero attached hydrogens (tertiary/aromatic N) is 2. The molecule has 1 fully saturated rings. The van der Waals surface area contributed by atoms with Gasteiger partial charge in [-0.15, -0.1) is 0 Å². The summed E-state index contributed by atoms with van der Waals surface area (Å²) in [5, 5.41) is 9.77. The molecule has 20 heavy (non-hydrogen) atoms. The summed E-state index contributed by atoms with van der Waals surface area (Å²) in [6.45, 7) is 8.21. The second-order valence-corrected chi connectivity index (χ2v) is 7.16. The first-order chi connectivity index (χ1) is 9.67. The molecule has 114 valence electrons. The molecular formula is C15H26ClN3S.